The van der Waals surface area contributed by atoms with E-state index in [0.717, 1.165) is 39.0 Å². The molecule has 0 amide bonds. The molecular formula is C26H36N4O5. The highest BCUT2D eigenvalue weighted by molar-refractivity contribution is 6.20. The van der Waals surface area contributed by atoms with Crippen molar-refractivity contribution in [1.82, 2.24) is 20.4 Å². The predicted molar refractivity (Wildman–Crippen MR) is 132 cm³/mol. The summed E-state index contributed by atoms with van der Waals surface area (Å²) in [6.07, 6.45) is 5.76. The molecule has 35 heavy (non-hydrogen) atoms. The lowest BCUT2D eigenvalue weighted by Gasteiger charge is -2.37. The average molecular weight is 485 g/mol. The highest BCUT2D eigenvalue weighted by Crippen LogP contribution is 2.44. The Morgan fingerprint density at radius 3 is 2.09 bits per heavy atom. The minimum Gasteiger partial charge on any atom is -0.507 e. The number of aliphatic hydroxyl groups is 1. The molecule has 9 nitrogen and oxygen atoms in total. The number of ketones is 2. The normalized spacial score (nSPS) is 24.5. The van der Waals surface area contributed by atoms with Crippen LogP contribution in [0.2, 0.25) is 0 Å². The van der Waals surface area contributed by atoms with Gasteiger partial charge in [-0.3, -0.25) is 9.59 Å². The fraction of sp³-hybridized carbons (Fsp3) is 0.538. The minimum atomic E-state index is -0.805. The molecule has 0 aromatic heterocycles. The number of phenols is 2. The first kappa shape index (κ1) is 25.2. The third kappa shape index (κ3) is 5.22. The third-order valence-corrected chi connectivity index (χ3v) is 7.17. The Bertz CT molecular complexity index is 1030. The second-order valence-corrected chi connectivity index (χ2v) is 9.93. The van der Waals surface area contributed by atoms with Crippen molar-refractivity contribution >= 4 is 11.6 Å². The maximum absolute atomic E-state index is 13.6. The van der Waals surface area contributed by atoms with Gasteiger partial charge < -0.3 is 35.8 Å². The number of aromatic hydroxyl groups is 2. The van der Waals surface area contributed by atoms with Crippen molar-refractivity contribution in [2.45, 2.75) is 12.8 Å². The number of hydrogen-bond donors (Lipinski definition) is 5. The third-order valence-electron chi connectivity index (χ3n) is 7.17. The lowest BCUT2D eigenvalue weighted by atomic mass is 9.68. The molecule has 2 aliphatic carbocycles. The van der Waals surface area contributed by atoms with Crippen LogP contribution in [0.4, 0.5) is 0 Å². The van der Waals surface area contributed by atoms with Crippen LogP contribution in [0.5, 0.6) is 11.5 Å². The number of phenolic OH excluding ortho intramolecular Hbond substituents is 2. The molecule has 3 atom stereocenters. The quantitative estimate of drug-likeness (QED) is 0.326. The zero-order valence-electron chi connectivity index (χ0n) is 20.5. The summed E-state index contributed by atoms with van der Waals surface area (Å²) in [5.74, 6) is -2.66. The Morgan fingerprint density at radius 2 is 1.54 bits per heavy atom. The lowest BCUT2D eigenvalue weighted by Crippen LogP contribution is -2.47. The Kier molecular flexibility index (Phi) is 7.78. The summed E-state index contributed by atoms with van der Waals surface area (Å²) in [5, 5.41) is 37.0. The SMILES string of the molecule is CN(C)CCNC1=CC=C(NCCN2CCCC(CO)C2)C2C(=O)c3c(O)ccc(O)c3C(=O)C12. The molecule has 1 heterocycles. The first-order valence-electron chi connectivity index (χ1n) is 12.3. The van der Waals surface area contributed by atoms with Crippen LogP contribution in [0.1, 0.15) is 33.6 Å². The molecule has 5 N–H and O–H groups in total. The number of fused-ring (bicyclic) bond motifs is 2. The largest absolute Gasteiger partial charge is 0.507 e. The number of allylic oxidation sites excluding steroid dienone is 4. The van der Waals surface area contributed by atoms with Gasteiger partial charge in [-0.15, -0.1) is 0 Å². The van der Waals surface area contributed by atoms with Gasteiger partial charge in [0.2, 0.25) is 0 Å². The van der Waals surface area contributed by atoms with Crippen LogP contribution >= 0.6 is 0 Å². The van der Waals surface area contributed by atoms with Gasteiger partial charge in [0, 0.05) is 50.7 Å². The van der Waals surface area contributed by atoms with Gasteiger partial charge in [0.25, 0.3) is 0 Å². The Hall–Kier alpha value is -2.88. The second kappa shape index (κ2) is 10.8. The van der Waals surface area contributed by atoms with E-state index < -0.39 is 11.8 Å². The molecule has 1 saturated heterocycles. The van der Waals surface area contributed by atoms with Gasteiger partial charge in [-0.1, -0.05) is 0 Å². The van der Waals surface area contributed by atoms with E-state index in [1.165, 1.54) is 12.1 Å². The number of hydrogen-bond acceptors (Lipinski definition) is 9. The van der Waals surface area contributed by atoms with Gasteiger partial charge in [0.05, 0.1) is 23.0 Å². The summed E-state index contributed by atoms with van der Waals surface area (Å²) in [6.45, 7) is 4.71. The van der Waals surface area contributed by atoms with E-state index >= 15 is 0 Å². The molecule has 3 aliphatic rings. The van der Waals surface area contributed by atoms with Crippen LogP contribution in [-0.4, -0.2) is 96.7 Å². The molecule has 0 saturated carbocycles. The van der Waals surface area contributed by atoms with Crippen molar-refractivity contribution in [3.63, 3.8) is 0 Å². The number of Topliss-reactive ketones (excluding diaryl/α,β-unsaturated/α-hetero) is 2. The molecule has 4 rings (SSSR count). The van der Waals surface area contributed by atoms with Crippen molar-refractivity contribution in [2.75, 3.05) is 60.0 Å². The van der Waals surface area contributed by atoms with Crippen LogP contribution < -0.4 is 10.6 Å². The van der Waals surface area contributed by atoms with Crippen molar-refractivity contribution in [3.05, 3.63) is 46.8 Å². The first-order chi connectivity index (χ1) is 16.8. The standard InChI is InChI=1S/C26H36N4O5/c1-29(2)12-9-27-17-5-6-18(28-10-13-30-11-3-4-16(14-30)15-31)22-21(17)25(34)23-19(32)7-8-20(33)24(23)26(22)35/h5-8,16,21-22,27-28,31-33H,3-4,9-15H2,1-2H3. The van der Waals surface area contributed by atoms with Gasteiger partial charge in [-0.05, 0) is 63.7 Å². The smallest absolute Gasteiger partial charge is 0.177 e. The first-order valence-corrected chi connectivity index (χ1v) is 12.3. The van der Waals surface area contributed by atoms with Crippen LogP contribution in [0.15, 0.2) is 35.7 Å². The number of aliphatic hydroxyl groups excluding tert-OH is 1. The van der Waals surface area contributed by atoms with Gasteiger partial charge in [-0.25, -0.2) is 0 Å². The Labute approximate surface area is 206 Å². The summed E-state index contributed by atoms with van der Waals surface area (Å²) in [4.78, 5) is 31.6. The fourth-order valence-electron chi connectivity index (χ4n) is 5.35. The number of piperidine rings is 1. The zero-order chi connectivity index (χ0) is 25.1. The highest BCUT2D eigenvalue weighted by atomic mass is 16.3. The van der Waals surface area contributed by atoms with Crippen LogP contribution in [0.3, 0.4) is 0 Å². The molecular weight excluding hydrogens is 448 g/mol. The summed E-state index contributed by atoms with van der Waals surface area (Å²) in [6, 6.07) is 2.50. The van der Waals surface area contributed by atoms with Gasteiger partial charge >= 0.3 is 0 Å². The predicted octanol–water partition coefficient (Wildman–Crippen LogP) is 0.936. The van der Waals surface area contributed by atoms with Crippen molar-refractivity contribution in [2.24, 2.45) is 17.8 Å². The van der Waals surface area contributed by atoms with E-state index in [9.17, 15) is 24.9 Å². The fourth-order valence-corrected chi connectivity index (χ4v) is 5.35. The number of nitrogens with zero attached hydrogens (tertiary/aromatic N) is 2. The van der Waals surface area contributed by atoms with E-state index in [1.807, 2.05) is 31.1 Å². The van der Waals surface area contributed by atoms with Gasteiger partial charge in [0.15, 0.2) is 11.6 Å². The summed E-state index contributed by atoms with van der Waals surface area (Å²) < 4.78 is 0. The molecule has 0 radical (unpaired) electrons. The number of carbonyl (C=O) groups is 2. The van der Waals surface area contributed by atoms with Crippen molar-refractivity contribution < 1.29 is 24.9 Å². The summed E-state index contributed by atoms with van der Waals surface area (Å²) in [7, 11) is 3.91. The minimum absolute atomic E-state index is 0.110. The number of likely N-dealkylation sites (N-methyl/N-ethyl adjacent to an activating group) is 1. The maximum Gasteiger partial charge on any atom is 0.177 e. The van der Waals surface area contributed by atoms with E-state index in [4.69, 9.17) is 0 Å². The number of nitrogens with one attached hydrogen (secondary N) is 2. The second-order valence-electron chi connectivity index (χ2n) is 9.93. The van der Waals surface area contributed by atoms with Crippen LogP contribution in [-0.2, 0) is 0 Å². The van der Waals surface area contributed by atoms with E-state index in [0.29, 0.717) is 30.4 Å². The molecule has 1 fully saturated rings. The monoisotopic (exact) mass is 484 g/mol. The number of carbonyl (C=O) groups excluding carboxylic acids is 2. The van der Waals surface area contributed by atoms with Gasteiger partial charge in [0.1, 0.15) is 11.5 Å². The lowest BCUT2D eigenvalue weighted by molar-refractivity contribution is 0.0768. The summed E-state index contributed by atoms with van der Waals surface area (Å²) >= 11 is 0. The zero-order valence-corrected chi connectivity index (χ0v) is 20.5. The Morgan fingerprint density at radius 1 is 0.971 bits per heavy atom. The molecule has 9 heteroatoms. The van der Waals surface area contributed by atoms with Crippen LogP contribution in [0.25, 0.3) is 0 Å². The van der Waals surface area contributed by atoms with E-state index in [-0.39, 0.29) is 40.8 Å². The topological polar surface area (TPSA) is 125 Å². The highest BCUT2D eigenvalue weighted by Gasteiger charge is 2.48. The number of rotatable bonds is 9. The number of benzene rings is 1. The van der Waals surface area contributed by atoms with Crippen molar-refractivity contribution in [3.8, 4) is 11.5 Å². The van der Waals surface area contributed by atoms with E-state index in [2.05, 4.69) is 15.5 Å². The number of likely N-dealkylation sites (tertiary alicyclic amines) is 1. The average Bonchev–Trinajstić information content (AvgIpc) is 2.84. The summed E-state index contributed by atoms with van der Waals surface area (Å²) in [5.41, 5.74) is 1.05. The maximum atomic E-state index is 13.6. The molecule has 1 aromatic carbocycles. The molecule has 1 aliphatic heterocycles. The van der Waals surface area contributed by atoms with Crippen molar-refractivity contribution in [1.29, 1.82) is 0 Å². The molecule has 3 unspecified atom stereocenters. The Balaban J connectivity index is 1.58. The molecule has 190 valence electrons. The van der Waals surface area contributed by atoms with Crippen LogP contribution in [0, 0.1) is 17.8 Å². The van der Waals surface area contributed by atoms with E-state index in [1.54, 1.807) is 0 Å². The molecule has 0 bridgehead atoms. The molecule has 0 spiro atoms. The van der Waals surface area contributed by atoms with Gasteiger partial charge in [-0.2, -0.15) is 0 Å². The molecule has 1 aromatic rings.